The number of para-hydroxylation sites is 2. The Labute approximate surface area is 93.4 Å². The number of nitrogens with zero attached hydrogens (tertiary/aromatic N) is 1. The molecule has 0 unspecified atom stereocenters. The molecule has 16 heavy (non-hydrogen) atoms. The van der Waals surface area contributed by atoms with Gasteiger partial charge >= 0.3 is 0 Å². The molecule has 0 fully saturated rings. The van der Waals surface area contributed by atoms with Crippen LogP contribution in [0.15, 0.2) is 60.8 Å². The molecule has 3 aromatic rings. The van der Waals surface area contributed by atoms with Gasteiger partial charge in [0.25, 0.3) is 0 Å². The molecule has 0 aliphatic rings. The molecule has 0 bridgehead atoms. The summed E-state index contributed by atoms with van der Waals surface area (Å²) in [5, 5.41) is 10.7. The van der Waals surface area contributed by atoms with E-state index in [-0.39, 0.29) is 0 Å². The Morgan fingerprint density at radius 1 is 0.812 bits per heavy atom. The lowest BCUT2D eigenvalue weighted by molar-refractivity contribution is 0.480. The fraction of sp³-hybridized carbons (Fsp3) is 0. The molecule has 0 aliphatic heterocycles. The fourth-order valence-corrected chi connectivity index (χ4v) is 1.96. The van der Waals surface area contributed by atoms with Gasteiger partial charge in [0.15, 0.2) is 0 Å². The van der Waals surface area contributed by atoms with Crippen LogP contribution in [0.2, 0.25) is 0 Å². The van der Waals surface area contributed by atoms with Crippen LogP contribution in [0.3, 0.4) is 0 Å². The lowest BCUT2D eigenvalue weighted by Crippen LogP contribution is -1.89. The topological polar surface area (TPSA) is 25.2 Å². The van der Waals surface area contributed by atoms with Crippen LogP contribution in [-0.4, -0.2) is 9.67 Å². The van der Waals surface area contributed by atoms with Gasteiger partial charge in [0, 0.05) is 11.1 Å². The molecule has 0 radical (unpaired) electrons. The number of aromatic hydroxyl groups is 1. The maximum atomic E-state index is 9.83. The van der Waals surface area contributed by atoms with Gasteiger partial charge in [-0.25, -0.2) is 0 Å². The third kappa shape index (κ3) is 1.27. The van der Waals surface area contributed by atoms with Crippen molar-refractivity contribution in [3.8, 4) is 11.4 Å². The van der Waals surface area contributed by atoms with Crippen LogP contribution >= 0.6 is 0 Å². The van der Waals surface area contributed by atoms with E-state index in [0.29, 0.717) is 5.75 Å². The van der Waals surface area contributed by atoms with E-state index in [1.54, 1.807) is 6.20 Å². The number of benzene rings is 2. The molecular weight excluding hydrogens is 198 g/mol. The van der Waals surface area contributed by atoms with Gasteiger partial charge in [-0.1, -0.05) is 30.3 Å². The highest BCUT2D eigenvalue weighted by Gasteiger charge is 2.07. The van der Waals surface area contributed by atoms with Crippen molar-refractivity contribution in [3.63, 3.8) is 0 Å². The predicted molar refractivity (Wildman–Crippen MR) is 64.9 cm³/mol. The first-order chi connectivity index (χ1) is 7.86. The standard InChI is InChI=1S/C14H11NO/c16-14-10-15(11-6-2-1-3-7-11)13-9-5-4-8-12(13)14/h1-10,16H. The van der Waals surface area contributed by atoms with Crippen LogP contribution in [0.25, 0.3) is 16.6 Å². The van der Waals surface area contributed by atoms with E-state index in [9.17, 15) is 5.11 Å². The lowest BCUT2D eigenvalue weighted by Gasteiger charge is -2.03. The number of aromatic nitrogens is 1. The molecule has 1 N–H and O–H groups in total. The van der Waals surface area contributed by atoms with E-state index >= 15 is 0 Å². The molecule has 1 heterocycles. The van der Waals surface area contributed by atoms with Crippen molar-refractivity contribution in [3.05, 3.63) is 60.8 Å². The maximum absolute atomic E-state index is 9.83. The summed E-state index contributed by atoms with van der Waals surface area (Å²) in [6, 6.07) is 17.8. The van der Waals surface area contributed by atoms with Gasteiger partial charge in [0.05, 0.1) is 11.7 Å². The molecule has 0 aliphatic carbocycles. The molecule has 0 saturated heterocycles. The van der Waals surface area contributed by atoms with E-state index in [0.717, 1.165) is 16.6 Å². The summed E-state index contributed by atoms with van der Waals surface area (Å²) in [5.41, 5.74) is 2.07. The molecule has 2 heteroatoms. The number of hydrogen-bond acceptors (Lipinski definition) is 1. The second-order valence-electron chi connectivity index (χ2n) is 3.74. The Balaban J connectivity index is 2.33. The molecule has 0 spiro atoms. The van der Waals surface area contributed by atoms with Crippen LogP contribution in [0.4, 0.5) is 0 Å². The van der Waals surface area contributed by atoms with Crippen LogP contribution in [0.5, 0.6) is 5.75 Å². The lowest BCUT2D eigenvalue weighted by atomic mass is 10.2. The quantitative estimate of drug-likeness (QED) is 0.653. The largest absolute Gasteiger partial charge is 0.506 e. The Morgan fingerprint density at radius 3 is 2.31 bits per heavy atom. The highest BCUT2D eigenvalue weighted by molar-refractivity contribution is 5.87. The zero-order valence-electron chi connectivity index (χ0n) is 8.67. The minimum atomic E-state index is 0.319. The molecule has 2 nitrogen and oxygen atoms in total. The van der Waals surface area contributed by atoms with Crippen molar-refractivity contribution in [1.29, 1.82) is 0 Å². The first kappa shape index (κ1) is 9.04. The Morgan fingerprint density at radius 2 is 1.50 bits per heavy atom. The van der Waals surface area contributed by atoms with Gasteiger partial charge in [-0.2, -0.15) is 0 Å². The SMILES string of the molecule is Oc1cn(-c2ccccc2)c2ccccc12. The van der Waals surface area contributed by atoms with Crippen molar-refractivity contribution >= 4 is 10.9 Å². The summed E-state index contributed by atoms with van der Waals surface area (Å²) in [6.07, 6.45) is 1.75. The zero-order valence-corrected chi connectivity index (χ0v) is 8.67. The molecule has 3 rings (SSSR count). The number of hydrogen-bond donors (Lipinski definition) is 1. The first-order valence-electron chi connectivity index (χ1n) is 5.21. The average Bonchev–Trinajstić information content (AvgIpc) is 2.69. The van der Waals surface area contributed by atoms with Crippen molar-refractivity contribution < 1.29 is 5.11 Å². The molecule has 0 atom stereocenters. The van der Waals surface area contributed by atoms with Gasteiger partial charge < -0.3 is 9.67 Å². The first-order valence-corrected chi connectivity index (χ1v) is 5.21. The van der Waals surface area contributed by atoms with E-state index < -0.39 is 0 Å². The van der Waals surface area contributed by atoms with E-state index in [1.807, 2.05) is 59.2 Å². The second kappa shape index (κ2) is 3.42. The smallest absolute Gasteiger partial charge is 0.141 e. The van der Waals surface area contributed by atoms with Crippen LogP contribution < -0.4 is 0 Å². The molecule has 1 aromatic heterocycles. The van der Waals surface area contributed by atoms with Crippen LogP contribution in [0.1, 0.15) is 0 Å². The summed E-state index contributed by atoms with van der Waals surface area (Å²) in [4.78, 5) is 0. The summed E-state index contributed by atoms with van der Waals surface area (Å²) >= 11 is 0. The highest BCUT2D eigenvalue weighted by Crippen LogP contribution is 2.28. The Kier molecular flexibility index (Phi) is 1.93. The fourth-order valence-electron chi connectivity index (χ4n) is 1.96. The minimum Gasteiger partial charge on any atom is -0.506 e. The number of rotatable bonds is 1. The third-order valence-electron chi connectivity index (χ3n) is 2.73. The van der Waals surface area contributed by atoms with Crippen molar-refractivity contribution in [1.82, 2.24) is 4.57 Å². The molecule has 0 saturated carbocycles. The Bertz CT molecular complexity index is 626. The van der Waals surface area contributed by atoms with Crippen molar-refractivity contribution in [2.45, 2.75) is 0 Å². The van der Waals surface area contributed by atoms with E-state index in [2.05, 4.69) is 0 Å². The van der Waals surface area contributed by atoms with Gasteiger partial charge in [0.1, 0.15) is 5.75 Å². The maximum Gasteiger partial charge on any atom is 0.141 e. The zero-order chi connectivity index (χ0) is 11.0. The van der Waals surface area contributed by atoms with Gasteiger partial charge in [0.2, 0.25) is 0 Å². The average molecular weight is 209 g/mol. The van der Waals surface area contributed by atoms with Crippen molar-refractivity contribution in [2.75, 3.05) is 0 Å². The van der Waals surface area contributed by atoms with Crippen molar-refractivity contribution in [2.24, 2.45) is 0 Å². The molecule has 78 valence electrons. The monoisotopic (exact) mass is 209 g/mol. The normalized spacial score (nSPS) is 10.8. The van der Waals surface area contributed by atoms with E-state index in [4.69, 9.17) is 0 Å². The summed E-state index contributed by atoms with van der Waals surface area (Å²) in [5.74, 6) is 0.319. The Hall–Kier alpha value is -2.22. The molecule has 2 aromatic carbocycles. The molecular formula is C14H11NO. The van der Waals surface area contributed by atoms with Gasteiger partial charge in [-0.05, 0) is 24.3 Å². The molecule has 0 amide bonds. The van der Waals surface area contributed by atoms with E-state index in [1.165, 1.54) is 0 Å². The summed E-state index contributed by atoms with van der Waals surface area (Å²) in [7, 11) is 0. The minimum absolute atomic E-state index is 0.319. The predicted octanol–water partition coefficient (Wildman–Crippen LogP) is 3.34. The summed E-state index contributed by atoms with van der Waals surface area (Å²) in [6.45, 7) is 0. The second-order valence-corrected chi connectivity index (χ2v) is 3.74. The number of fused-ring (bicyclic) bond motifs is 1. The van der Waals surface area contributed by atoms with Gasteiger partial charge in [-0.15, -0.1) is 0 Å². The van der Waals surface area contributed by atoms with Gasteiger partial charge in [-0.3, -0.25) is 0 Å². The summed E-state index contributed by atoms with van der Waals surface area (Å²) < 4.78 is 1.99. The van der Waals surface area contributed by atoms with Crippen LogP contribution in [-0.2, 0) is 0 Å². The van der Waals surface area contributed by atoms with Crippen LogP contribution in [0, 0.1) is 0 Å². The third-order valence-corrected chi connectivity index (χ3v) is 2.73. The highest BCUT2D eigenvalue weighted by atomic mass is 16.3.